The van der Waals surface area contributed by atoms with Gasteiger partial charge in [0.05, 0.1) is 0 Å². The topological polar surface area (TPSA) is 42.4 Å². The van der Waals surface area contributed by atoms with Crippen LogP contribution < -0.4 is 4.90 Å². The molecule has 0 bridgehead atoms. The fourth-order valence-corrected chi connectivity index (χ4v) is 8.55. The second-order valence-electron chi connectivity index (χ2n) is 14.9. The van der Waals surface area contributed by atoms with Crippen molar-refractivity contribution in [2.75, 3.05) is 4.90 Å². The van der Waals surface area contributed by atoms with Crippen LogP contribution in [-0.2, 0) is 0 Å². The zero-order valence-electron chi connectivity index (χ0n) is 30.7. The molecule has 0 saturated carbocycles. The molecule has 12 aromatic rings. The third kappa shape index (κ3) is 5.26. The van der Waals surface area contributed by atoms with Crippen molar-refractivity contribution in [3.8, 4) is 22.3 Å². The number of rotatable bonds is 5. The molecule has 0 radical (unpaired) electrons. The molecule has 0 aliphatic carbocycles. The van der Waals surface area contributed by atoms with Crippen molar-refractivity contribution in [3.05, 3.63) is 194 Å². The maximum atomic E-state index is 6.56. The molecule has 0 spiro atoms. The summed E-state index contributed by atoms with van der Waals surface area (Å²) in [6.07, 6.45) is 3.75. The normalized spacial score (nSPS) is 11.9. The summed E-state index contributed by atoms with van der Waals surface area (Å²) in [6.45, 7) is 0. The zero-order chi connectivity index (χ0) is 37.5. The molecule has 0 aliphatic rings. The molecule has 0 unspecified atom stereocenters. The number of aromatic nitrogens is 1. The predicted molar refractivity (Wildman–Crippen MR) is 237 cm³/mol. The van der Waals surface area contributed by atoms with E-state index >= 15 is 0 Å². The van der Waals surface area contributed by atoms with Crippen LogP contribution >= 0.6 is 0 Å². The van der Waals surface area contributed by atoms with Gasteiger partial charge in [-0.05, 0) is 122 Å². The summed E-state index contributed by atoms with van der Waals surface area (Å²) >= 11 is 0. The van der Waals surface area contributed by atoms with Gasteiger partial charge in [0.15, 0.2) is 0 Å². The number of hydrogen-bond acceptors (Lipinski definition) is 4. The number of hydrogen-bond donors (Lipinski definition) is 0. The fourth-order valence-electron chi connectivity index (χ4n) is 8.55. The maximum absolute atomic E-state index is 6.56. The highest BCUT2D eigenvalue weighted by atomic mass is 16.3. The van der Waals surface area contributed by atoms with Gasteiger partial charge >= 0.3 is 0 Å². The fraction of sp³-hybridized carbons (Fsp3) is 0. The van der Waals surface area contributed by atoms with Crippen molar-refractivity contribution >= 4 is 93.3 Å². The van der Waals surface area contributed by atoms with Crippen LogP contribution in [0.4, 0.5) is 17.1 Å². The first-order chi connectivity index (χ1) is 28.2. The van der Waals surface area contributed by atoms with E-state index in [2.05, 4.69) is 192 Å². The highest BCUT2D eigenvalue weighted by molar-refractivity contribution is 6.12. The number of pyridine rings is 1. The Morgan fingerprint density at radius 3 is 1.32 bits per heavy atom. The molecule has 4 nitrogen and oxygen atoms in total. The number of furan rings is 2. The molecule has 266 valence electrons. The van der Waals surface area contributed by atoms with Crippen LogP contribution in [0.1, 0.15) is 0 Å². The minimum Gasteiger partial charge on any atom is -0.456 e. The summed E-state index contributed by atoms with van der Waals surface area (Å²) < 4.78 is 13.1. The Bertz CT molecular complexity index is 3370. The van der Waals surface area contributed by atoms with E-state index in [9.17, 15) is 0 Å². The largest absolute Gasteiger partial charge is 0.456 e. The average molecular weight is 729 g/mol. The Labute approximate surface area is 327 Å². The van der Waals surface area contributed by atoms with E-state index in [-0.39, 0.29) is 0 Å². The van der Waals surface area contributed by atoms with Crippen LogP contribution in [0.15, 0.2) is 203 Å². The van der Waals surface area contributed by atoms with Gasteiger partial charge in [-0.1, -0.05) is 97.1 Å². The standard InChI is InChI=1S/C53H32N2O2/c1-3-7-38-28-50-48(26-36(38)5-1)46-21-19-44(30-52(46)56-50)55(45-20-22-47-49-27-37-6-2-4-8-39(37)29-51(49)57-53(47)31-45)43-17-15-34(16-18-43)33-9-11-35(12-10-33)40-13-14-42-32-54-24-23-41(42)25-40/h1-32H. The first-order valence-corrected chi connectivity index (χ1v) is 19.2. The van der Waals surface area contributed by atoms with E-state index < -0.39 is 0 Å². The Kier molecular flexibility index (Phi) is 6.89. The zero-order valence-corrected chi connectivity index (χ0v) is 30.7. The van der Waals surface area contributed by atoms with E-state index in [0.717, 1.165) is 77.5 Å². The molecule has 3 heterocycles. The molecule has 3 aromatic heterocycles. The van der Waals surface area contributed by atoms with Crippen molar-refractivity contribution in [1.82, 2.24) is 4.98 Å². The third-order valence-electron chi connectivity index (χ3n) is 11.5. The maximum Gasteiger partial charge on any atom is 0.137 e. The minimum absolute atomic E-state index is 0.846. The van der Waals surface area contributed by atoms with Crippen molar-refractivity contribution in [1.29, 1.82) is 0 Å². The Morgan fingerprint density at radius 2 is 0.754 bits per heavy atom. The van der Waals surface area contributed by atoms with E-state index in [1.54, 1.807) is 0 Å². The SMILES string of the molecule is c1ccc2cc3c(cc2c1)oc1cc(N(c2ccc(-c4ccc(-c5ccc6cnccc6c5)cc4)cc2)c2ccc4c(c2)oc2cc5ccccc5cc24)ccc13. The summed E-state index contributed by atoms with van der Waals surface area (Å²) in [7, 11) is 0. The molecule has 9 aromatic carbocycles. The summed E-state index contributed by atoms with van der Waals surface area (Å²) in [5.74, 6) is 0. The first-order valence-electron chi connectivity index (χ1n) is 19.2. The molecular weight excluding hydrogens is 697 g/mol. The lowest BCUT2D eigenvalue weighted by atomic mass is 9.98. The molecule has 4 heteroatoms. The predicted octanol–water partition coefficient (Wildman–Crippen LogP) is 15.1. The van der Waals surface area contributed by atoms with Gasteiger partial charge in [-0.3, -0.25) is 4.98 Å². The van der Waals surface area contributed by atoms with Gasteiger partial charge in [0, 0.05) is 68.5 Å². The van der Waals surface area contributed by atoms with Crippen molar-refractivity contribution < 1.29 is 8.83 Å². The van der Waals surface area contributed by atoms with Crippen molar-refractivity contribution in [2.24, 2.45) is 0 Å². The number of anilines is 3. The Morgan fingerprint density at radius 1 is 0.316 bits per heavy atom. The second-order valence-corrected chi connectivity index (χ2v) is 14.9. The van der Waals surface area contributed by atoms with Crippen LogP contribution in [0.3, 0.4) is 0 Å². The van der Waals surface area contributed by atoms with Gasteiger partial charge in [0.25, 0.3) is 0 Å². The van der Waals surface area contributed by atoms with Crippen LogP contribution in [-0.4, -0.2) is 4.98 Å². The van der Waals surface area contributed by atoms with Crippen molar-refractivity contribution in [3.63, 3.8) is 0 Å². The summed E-state index contributed by atoms with van der Waals surface area (Å²) in [5, 5.41) is 11.5. The van der Waals surface area contributed by atoms with Gasteiger partial charge in [0.1, 0.15) is 22.3 Å². The van der Waals surface area contributed by atoms with E-state index in [1.165, 1.54) is 38.1 Å². The van der Waals surface area contributed by atoms with Gasteiger partial charge in [-0.25, -0.2) is 0 Å². The van der Waals surface area contributed by atoms with Crippen LogP contribution in [0.25, 0.3) is 98.4 Å². The molecule has 57 heavy (non-hydrogen) atoms. The molecule has 0 aliphatic heterocycles. The van der Waals surface area contributed by atoms with Crippen molar-refractivity contribution in [2.45, 2.75) is 0 Å². The van der Waals surface area contributed by atoms with Gasteiger partial charge in [0.2, 0.25) is 0 Å². The number of benzene rings is 9. The first kappa shape index (κ1) is 31.6. The van der Waals surface area contributed by atoms with E-state index in [4.69, 9.17) is 8.83 Å². The van der Waals surface area contributed by atoms with Crippen LogP contribution in [0.2, 0.25) is 0 Å². The molecule has 0 fully saturated rings. The smallest absolute Gasteiger partial charge is 0.137 e. The molecule has 0 amide bonds. The summed E-state index contributed by atoms with van der Waals surface area (Å²) in [5.41, 5.74) is 11.2. The summed E-state index contributed by atoms with van der Waals surface area (Å²) in [4.78, 5) is 6.54. The van der Waals surface area contributed by atoms with Crippen LogP contribution in [0.5, 0.6) is 0 Å². The number of fused-ring (bicyclic) bond motifs is 9. The molecular formula is C53H32N2O2. The highest BCUT2D eigenvalue weighted by Gasteiger charge is 2.18. The third-order valence-corrected chi connectivity index (χ3v) is 11.5. The average Bonchev–Trinajstić information content (AvgIpc) is 3.81. The lowest BCUT2D eigenvalue weighted by Crippen LogP contribution is -2.09. The quantitative estimate of drug-likeness (QED) is 0.177. The summed E-state index contributed by atoms with van der Waals surface area (Å²) in [6, 6.07) is 64.9. The van der Waals surface area contributed by atoms with Crippen LogP contribution in [0, 0.1) is 0 Å². The Balaban J connectivity index is 0.957. The van der Waals surface area contributed by atoms with Gasteiger partial charge in [-0.15, -0.1) is 0 Å². The monoisotopic (exact) mass is 728 g/mol. The Hall–Kier alpha value is -7.69. The minimum atomic E-state index is 0.846. The number of nitrogens with zero attached hydrogens (tertiary/aromatic N) is 2. The van der Waals surface area contributed by atoms with E-state index in [0.29, 0.717) is 0 Å². The van der Waals surface area contributed by atoms with E-state index in [1.807, 2.05) is 12.4 Å². The lowest BCUT2D eigenvalue weighted by Gasteiger charge is -2.25. The van der Waals surface area contributed by atoms with Gasteiger partial charge in [-0.2, -0.15) is 0 Å². The highest BCUT2D eigenvalue weighted by Crippen LogP contribution is 2.42. The lowest BCUT2D eigenvalue weighted by molar-refractivity contribution is 0.669. The molecule has 12 rings (SSSR count). The molecule has 0 N–H and O–H groups in total. The molecule has 0 atom stereocenters. The van der Waals surface area contributed by atoms with Gasteiger partial charge < -0.3 is 13.7 Å². The second kappa shape index (κ2) is 12.4. The molecule has 0 saturated heterocycles.